The smallest absolute Gasteiger partial charge is 0.270 e. The van der Waals surface area contributed by atoms with Crippen LogP contribution in [0.2, 0.25) is 5.02 Å². The van der Waals surface area contributed by atoms with E-state index < -0.39 is 5.82 Å². The molecule has 1 atom stereocenters. The zero-order chi connectivity index (χ0) is 22.5. The predicted octanol–water partition coefficient (Wildman–Crippen LogP) is 4.39. The molecule has 1 N–H and O–H groups in total. The number of likely N-dealkylation sites (tertiary alicyclic amines) is 1. The first kappa shape index (κ1) is 23.3. The van der Waals surface area contributed by atoms with Crippen molar-refractivity contribution >= 4 is 23.4 Å². The van der Waals surface area contributed by atoms with Gasteiger partial charge >= 0.3 is 0 Å². The summed E-state index contributed by atoms with van der Waals surface area (Å²) >= 11 is 5.80. The summed E-state index contributed by atoms with van der Waals surface area (Å²) < 4.78 is 20.7. The zero-order valence-corrected chi connectivity index (χ0v) is 19.0. The molecule has 4 rings (SSSR count). The second-order valence-electron chi connectivity index (χ2n) is 7.52. The molecule has 6 nitrogen and oxygen atoms in total. The van der Waals surface area contributed by atoms with E-state index in [0.29, 0.717) is 35.7 Å². The maximum Gasteiger partial charge on any atom is 0.270 e. The maximum absolute atomic E-state index is 13.3. The number of ether oxygens (including phenoxy) is 1. The number of carbonyl (C=O) groups is 2. The molecule has 0 spiro atoms. The van der Waals surface area contributed by atoms with Gasteiger partial charge in [-0.3, -0.25) is 9.59 Å². The standard InChI is InChI=1S/C21H23ClFN3O3.C2H6/c1-13-3-2-6-25(13)21(28)18-10-15(19-12-29-8-7-26(18)19)20(27)24-11-14-4-5-17(23)16(22)9-14;1-2/h4-5,9-10,13H,2-3,6-8,11-12H2,1H3,(H,24,27);1-2H3. The van der Waals surface area contributed by atoms with E-state index in [1.807, 2.05) is 23.3 Å². The second kappa shape index (κ2) is 10.3. The molecule has 168 valence electrons. The Morgan fingerprint density at radius 2 is 2.03 bits per heavy atom. The van der Waals surface area contributed by atoms with E-state index in [4.69, 9.17) is 16.3 Å². The third kappa shape index (κ3) is 4.93. The molecule has 1 unspecified atom stereocenters. The second-order valence-corrected chi connectivity index (χ2v) is 7.92. The van der Waals surface area contributed by atoms with Crippen molar-refractivity contribution in [2.24, 2.45) is 0 Å². The van der Waals surface area contributed by atoms with E-state index in [2.05, 4.69) is 12.2 Å². The van der Waals surface area contributed by atoms with Crippen LogP contribution in [0.15, 0.2) is 24.3 Å². The Morgan fingerprint density at radius 3 is 2.71 bits per heavy atom. The number of fused-ring (bicyclic) bond motifs is 1. The Labute approximate surface area is 187 Å². The van der Waals surface area contributed by atoms with Crippen LogP contribution in [0, 0.1) is 5.82 Å². The predicted molar refractivity (Wildman–Crippen MR) is 118 cm³/mol. The van der Waals surface area contributed by atoms with Crippen molar-refractivity contribution in [2.45, 2.75) is 59.4 Å². The molecule has 3 heterocycles. The topological polar surface area (TPSA) is 63.6 Å². The summed E-state index contributed by atoms with van der Waals surface area (Å²) in [6.45, 7) is 8.33. The molecule has 0 bridgehead atoms. The summed E-state index contributed by atoms with van der Waals surface area (Å²) in [4.78, 5) is 27.8. The normalized spacial score (nSPS) is 17.6. The number of carbonyl (C=O) groups excluding carboxylic acids is 2. The number of nitrogens with one attached hydrogen (secondary N) is 1. The molecular weight excluding hydrogens is 421 g/mol. The lowest BCUT2D eigenvalue weighted by Crippen LogP contribution is -2.35. The van der Waals surface area contributed by atoms with E-state index >= 15 is 0 Å². The van der Waals surface area contributed by atoms with Crippen molar-refractivity contribution in [3.8, 4) is 0 Å². The van der Waals surface area contributed by atoms with Crippen molar-refractivity contribution in [1.29, 1.82) is 0 Å². The molecule has 2 aliphatic rings. The fourth-order valence-corrected chi connectivity index (χ4v) is 4.21. The minimum atomic E-state index is -0.500. The van der Waals surface area contributed by atoms with Gasteiger partial charge in [-0.1, -0.05) is 31.5 Å². The summed E-state index contributed by atoms with van der Waals surface area (Å²) in [5, 5.41) is 2.84. The molecule has 2 aliphatic heterocycles. The van der Waals surface area contributed by atoms with E-state index in [9.17, 15) is 14.0 Å². The van der Waals surface area contributed by atoms with Gasteiger partial charge in [0, 0.05) is 25.7 Å². The number of amides is 2. The van der Waals surface area contributed by atoms with Gasteiger partial charge in [0.1, 0.15) is 11.5 Å². The Morgan fingerprint density at radius 1 is 1.26 bits per heavy atom. The number of hydrogen-bond donors (Lipinski definition) is 1. The van der Waals surface area contributed by atoms with Gasteiger partial charge in [0.05, 0.1) is 29.5 Å². The number of hydrogen-bond acceptors (Lipinski definition) is 3. The molecule has 2 amide bonds. The van der Waals surface area contributed by atoms with Crippen molar-refractivity contribution in [3.05, 3.63) is 57.6 Å². The zero-order valence-electron chi connectivity index (χ0n) is 18.2. The average Bonchev–Trinajstić information content (AvgIpc) is 3.39. The fraction of sp³-hybridized carbons (Fsp3) is 0.478. The van der Waals surface area contributed by atoms with Crippen LogP contribution in [0.1, 0.15) is 65.7 Å². The number of rotatable bonds is 4. The number of nitrogens with zero attached hydrogens (tertiary/aromatic N) is 2. The third-order valence-electron chi connectivity index (χ3n) is 5.62. The minimum Gasteiger partial charge on any atom is -0.373 e. The summed E-state index contributed by atoms with van der Waals surface area (Å²) in [7, 11) is 0. The van der Waals surface area contributed by atoms with Gasteiger partial charge in [-0.15, -0.1) is 0 Å². The first-order valence-corrected chi connectivity index (χ1v) is 11.2. The van der Waals surface area contributed by atoms with Gasteiger partial charge in [0.25, 0.3) is 11.8 Å². The molecule has 31 heavy (non-hydrogen) atoms. The van der Waals surface area contributed by atoms with Crippen LogP contribution in [-0.4, -0.2) is 40.5 Å². The highest BCUT2D eigenvalue weighted by atomic mass is 35.5. The van der Waals surface area contributed by atoms with Crippen molar-refractivity contribution in [2.75, 3.05) is 13.2 Å². The van der Waals surface area contributed by atoms with Crippen LogP contribution in [-0.2, 0) is 24.4 Å². The van der Waals surface area contributed by atoms with Crippen LogP contribution in [0.25, 0.3) is 0 Å². The lowest BCUT2D eigenvalue weighted by atomic mass is 10.2. The summed E-state index contributed by atoms with van der Waals surface area (Å²) in [6, 6.07) is 6.20. The molecule has 1 fully saturated rings. The fourth-order valence-electron chi connectivity index (χ4n) is 4.01. The van der Waals surface area contributed by atoms with Gasteiger partial charge in [-0.05, 0) is 43.5 Å². The molecule has 1 saturated heterocycles. The Kier molecular flexibility index (Phi) is 7.73. The van der Waals surface area contributed by atoms with Crippen molar-refractivity contribution < 1.29 is 18.7 Å². The van der Waals surface area contributed by atoms with Gasteiger partial charge in [0.15, 0.2) is 0 Å². The molecule has 0 aliphatic carbocycles. The van der Waals surface area contributed by atoms with E-state index in [1.165, 1.54) is 12.1 Å². The largest absolute Gasteiger partial charge is 0.373 e. The van der Waals surface area contributed by atoms with Crippen LogP contribution >= 0.6 is 11.6 Å². The van der Waals surface area contributed by atoms with Crippen molar-refractivity contribution in [3.63, 3.8) is 0 Å². The van der Waals surface area contributed by atoms with Gasteiger partial charge in [-0.2, -0.15) is 0 Å². The van der Waals surface area contributed by atoms with Gasteiger partial charge in [-0.25, -0.2) is 4.39 Å². The molecular formula is C23H29ClFN3O3. The highest BCUT2D eigenvalue weighted by Gasteiger charge is 2.31. The van der Waals surface area contributed by atoms with E-state index in [1.54, 1.807) is 12.1 Å². The molecule has 1 aromatic carbocycles. The van der Waals surface area contributed by atoms with E-state index in [-0.39, 0.29) is 36.0 Å². The number of benzene rings is 1. The average molecular weight is 450 g/mol. The van der Waals surface area contributed by atoms with Crippen LogP contribution < -0.4 is 5.32 Å². The van der Waals surface area contributed by atoms with Gasteiger partial charge < -0.3 is 19.5 Å². The first-order chi connectivity index (χ1) is 15.0. The lowest BCUT2D eigenvalue weighted by Gasteiger charge is -2.24. The molecule has 0 radical (unpaired) electrons. The highest BCUT2D eigenvalue weighted by Crippen LogP contribution is 2.25. The SMILES string of the molecule is CC.CC1CCCN1C(=O)c1cc(C(=O)NCc2ccc(F)c(Cl)c2)c2n1CCOC2. The molecule has 2 aromatic rings. The Bertz CT molecular complexity index is 960. The summed E-state index contributed by atoms with van der Waals surface area (Å²) in [6.07, 6.45) is 1.99. The number of halogens is 2. The summed E-state index contributed by atoms with van der Waals surface area (Å²) in [5.74, 6) is -0.838. The van der Waals surface area contributed by atoms with E-state index in [0.717, 1.165) is 19.4 Å². The summed E-state index contributed by atoms with van der Waals surface area (Å²) in [5.41, 5.74) is 2.37. The third-order valence-corrected chi connectivity index (χ3v) is 5.91. The maximum atomic E-state index is 13.3. The quantitative estimate of drug-likeness (QED) is 0.752. The van der Waals surface area contributed by atoms with Crippen LogP contribution in [0.4, 0.5) is 4.39 Å². The molecule has 1 aromatic heterocycles. The van der Waals surface area contributed by atoms with Gasteiger partial charge in [0.2, 0.25) is 0 Å². The Hall–Kier alpha value is -2.38. The molecule has 8 heteroatoms. The highest BCUT2D eigenvalue weighted by molar-refractivity contribution is 6.30. The van der Waals surface area contributed by atoms with Crippen LogP contribution in [0.3, 0.4) is 0 Å². The Balaban J connectivity index is 0.00000132. The minimum absolute atomic E-state index is 0.0130. The monoisotopic (exact) mass is 449 g/mol. The number of aromatic nitrogens is 1. The van der Waals surface area contributed by atoms with Crippen LogP contribution in [0.5, 0.6) is 0 Å². The lowest BCUT2D eigenvalue weighted by molar-refractivity contribution is 0.0684. The molecule has 0 saturated carbocycles. The first-order valence-electron chi connectivity index (χ1n) is 10.8. The van der Waals surface area contributed by atoms with Crippen molar-refractivity contribution in [1.82, 2.24) is 14.8 Å².